The first-order chi connectivity index (χ1) is 14.4. The number of benzene rings is 2. The zero-order chi connectivity index (χ0) is 21.4. The lowest BCUT2D eigenvalue weighted by molar-refractivity contribution is -0.118. The molecule has 2 aromatic rings. The van der Waals surface area contributed by atoms with E-state index in [1.54, 1.807) is 4.90 Å². The van der Waals surface area contributed by atoms with Crippen LogP contribution in [0.2, 0.25) is 0 Å². The molecule has 0 atom stereocenters. The lowest BCUT2D eigenvalue weighted by atomic mass is 9.68. The van der Waals surface area contributed by atoms with E-state index in [2.05, 4.69) is 72.7 Å². The number of aryl methyl sites for hydroxylation is 1. The summed E-state index contributed by atoms with van der Waals surface area (Å²) in [6.45, 7) is 2.65. The first-order valence-electron chi connectivity index (χ1n) is 10.6. The summed E-state index contributed by atoms with van der Waals surface area (Å²) >= 11 is 0. The maximum atomic E-state index is 12.4. The molecule has 0 aromatic heterocycles. The largest absolute Gasteiger partial charge is 0.368 e. The summed E-state index contributed by atoms with van der Waals surface area (Å²) in [5, 5.41) is 3.16. The van der Waals surface area contributed by atoms with Gasteiger partial charge in [0.15, 0.2) is 0 Å². The highest BCUT2D eigenvalue weighted by Crippen LogP contribution is 2.48. The van der Waals surface area contributed by atoms with Crippen LogP contribution in [-0.2, 0) is 10.3 Å². The first-order valence-corrected chi connectivity index (χ1v) is 10.6. The molecule has 2 fully saturated rings. The van der Waals surface area contributed by atoms with Crippen LogP contribution in [-0.4, -0.2) is 42.5 Å². The van der Waals surface area contributed by atoms with Crippen molar-refractivity contribution in [1.29, 1.82) is 0 Å². The molecule has 1 saturated carbocycles. The lowest BCUT2D eigenvalue weighted by Crippen LogP contribution is -2.55. The predicted octanol–water partition coefficient (Wildman–Crippen LogP) is 3.15. The average Bonchev–Trinajstić information content (AvgIpc) is 3.03. The van der Waals surface area contributed by atoms with E-state index >= 15 is 0 Å². The van der Waals surface area contributed by atoms with Gasteiger partial charge in [-0.15, -0.1) is 0 Å². The molecule has 1 aliphatic heterocycles. The van der Waals surface area contributed by atoms with Crippen molar-refractivity contribution < 1.29 is 9.59 Å². The molecule has 158 valence electrons. The van der Waals surface area contributed by atoms with Crippen LogP contribution in [0.4, 0.5) is 10.5 Å². The van der Waals surface area contributed by atoms with Crippen LogP contribution in [0.15, 0.2) is 54.6 Å². The predicted molar refractivity (Wildman–Crippen MR) is 118 cm³/mol. The number of anilines is 1. The van der Waals surface area contributed by atoms with Gasteiger partial charge < -0.3 is 20.9 Å². The third-order valence-corrected chi connectivity index (χ3v) is 6.96. The van der Waals surface area contributed by atoms with Crippen molar-refractivity contribution in [2.75, 3.05) is 25.0 Å². The van der Waals surface area contributed by atoms with Gasteiger partial charge in [-0.1, -0.05) is 48.5 Å². The van der Waals surface area contributed by atoms with Gasteiger partial charge in [0, 0.05) is 19.3 Å². The van der Waals surface area contributed by atoms with Crippen LogP contribution in [0.5, 0.6) is 0 Å². The zero-order valence-corrected chi connectivity index (χ0v) is 17.7. The Bertz CT molecular complexity index is 935. The summed E-state index contributed by atoms with van der Waals surface area (Å²) in [5.74, 6) is -0.476. The number of urea groups is 1. The summed E-state index contributed by atoms with van der Waals surface area (Å²) < 4.78 is 0. The molecule has 1 saturated heterocycles. The highest BCUT2D eigenvalue weighted by molar-refractivity contribution is 5.85. The third kappa shape index (κ3) is 3.51. The van der Waals surface area contributed by atoms with Crippen LogP contribution in [0.1, 0.15) is 36.8 Å². The fourth-order valence-corrected chi connectivity index (χ4v) is 5.26. The Morgan fingerprint density at radius 1 is 1.07 bits per heavy atom. The Morgan fingerprint density at radius 2 is 1.70 bits per heavy atom. The van der Waals surface area contributed by atoms with Crippen molar-refractivity contribution in [2.45, 2.75) is 43.7 Å². The van der Waals surface area contributed by atoms with Gasteiger partial charge in [0.05, 0.1) is 11.1 Å². The number of nitrogens with two attached hydrogens (primary N) is 1. The van der Waals surface area contributed by atoms with Gasteiger partial charge in [-0.3, -0.25) is 4.79 Å². The minimum Gasteiger partial charge on any atom is -0.368 e. The molecule has 6 heteroatoms. The molecule has 1 spiro atoms. The number of amides is 3. The van der Waals surface area contributed by atoms with E-state index < -0.39 is 5.91 Å². The summed E-state index contributed by atoms with van der Waals surface area (Å²) in [5.41, 5.74) is 8.64. The molecule has 0 bridgehead atoms. The van der Waals surface area contributed by atoms with Gasteiger partial charge >= 0.3 is 6.03 Å². The minimum atomic E-state index is -0.476. The summed E-state index contributed by atoms with van der Waals surface area (Å²) in [4.78, 5) is 27.7. The second-order valence-corrected chi connectivity index (χ2v) is 8.78. The fraction of sp³-hybridized carbons (Fsp3) is 0.417. The zero-order valence-electron chi connectivity index (χ0n) is 17.7. The Balaban J connectivity index is 1.64. The van der Waals surface area contributed by atoms with Gasteiger partial charge in [-0.05, 0) is 49.8 Å². The molecule has 1 heterocycles. The topological polar surface area (TPSA) is 78.7 Å². The van der Waals surface area contributed by atoms with Gasteiger partial charge in [0.2, 0.25) is 5.91 Å². The molecule has 2 aliphatic rings. The highest BCUT2D eigenvalue weighted by atomic mass is 16.2. The van der Waals surface area contributed by atoms with E-state index in [9.17, 15) is 9.59 Å². The Labute approximate surface area is 178 Å². The van der Waals surface area contributed by atoms with E-state index in [1.165, 1.54) is 16.8 Å². The summed E-state index contributed by atoms with van der Waals surface area (Å²) in [6, 6.07) is 18.9. The van der Waals surface area contributed by atoms with Crippen molar-refractivity contribution >= 4 is 17.6 Å². The normalized spacial score (nSPS) is 25.9. The molecular weight excluding hydrogens is 376 g/mol. The molecule has 30 heavy (non-hydrogen) atoms. The molecule has 6 nitrogen and oxygen atoms in total. The van der Waals surface area contributed by atoms with E-state index in [0.717, 1.165) is 25.7 Å². The standard InChI is InChI=1S/C24H30N4O2/c1-18-8-6-7-11-20(18)27(2)24(19-9-4-3-5-10-19)14-12-23(13-15-24)17-28(16-21(25)29)22(30)26-23/h3-11H,12-17H2,1-2H3,(H2,25,29)(H,26,30)/t23-,24-. The molecule has 4 rings (SSSR count). The van der Waals surface area contributed by atoms with Crippen LogP contribution < -0.4 is 16.0 Å². The van der Waals surface area contributed by atoms with E-state index in [4.69, 9.17) is 5.73 Å². The quantitative estimate of drug-likeness (QED) is 0.801. The second-order valence-electron chi connectivity index (χ2n) is 8.78. The molecule has 3 amide bonds. The number of para-hydroxylation sites is 1. The summed E-state index contributed by atoms with van der Waals surface area (Å²) in [7, 11) is 2.18. The molecule has 1 aliphatic carbocycles. The molecule has 2 aromatic carbocycles. The van der Waals surface area contributed by atoms with Crippen LogP contribution >= 0.6 is 0 Å². The van der Waals surface area contributed by atoms with Crippen molar-refractivity contribution in [2.24, 2.45) is 5.73 Å². The number of nitrogens with zero attached hydrogens (tertiary/aromatic N) is 2. The first kappa shape index (κ1) is 20.3. The maximum Gasteiger partial charge on any atom is 0.318 e. The number of carbonyl (C=O) groups is 2. The van der Waals surface area contributed by atoms with Gasteiger partial charge in [-0.2, -0.15) is 0 Å². The number of carbonyl (C=O) groups excluding carboxylic acids is 2. The van der Waals surface area contributed by atoms with Crippen LogP contribution in [0.25, 0.3) is 0 Å². The fourth-order valence-electron chi connectivity index (χ4n) is 5.26. The van der Waals surface area contributed by atoms with E-state index in [0.29, 0.717) is 6.54 Å². The minimum absolute atomic E-state index is 0.0273. The Morgan fingerprint density at radius 3 is 2.33 bits per heavy atom. The lowest BCUT2D eigenvalue weighted by Gasteiger charge is -2.51. The Hall–Kier alpha value is -3.02. The second kappa shape index (κ2) is 7.67. The number of rotatable bonds is 5. The molecule has 0 unspecified atom stereocenters. The molecular formula is C24H30N4O2. The van der Waals surface area contributed by atoms with E-state index in [-0.39, 0.29) is 23.7 Å². The van der Waals surface area contributed by atoms with Crippen molar-refractivity contribution in [3.05, 3.63) is 65.7 Å². The number of nitrogens with one attached hydrogen (secondary N) is 1. The van der Waals surface area contributed by atoms with Crippen molar-refractivity contribution in [3.63, 3.8) is 0 Å². The monoisotopic (exact) mass is 406 g/mol. The highest BCUT2D eigenvalue weighted by Gasteiger charge is 2.50. The van der Waals surface area contributed by atoms with Gasteiger partial charge in [0.25, 0.3) is 0 Å². The third-order valence-electron chi connectivity index (χ3n) is 6.96. The van der Waals surface area contributed by atoms with Crippen molar-refractivity contribution in [1.82, 2.24) is 10.2 Å². The van der Waals surface area contributed by atoms with Crippen molar-refractivity contribution in [3.8, 4) is 0 Å². The van der Waals surface area contributed by atoms with Crippen LogP contribution in [0, 0.1) is 6.92 Å². The molecule has 0 radical (unpaired) electrons. The number of primary amides is 1. The van der Waals surface area contributed by atoms with Gasteiger partial charge in [0.1, 0.15) is 6.54 Å². The Kier molecular flexibility index (Phi) is 5.18. The SMILES string of the molecule is Cc1ccccc1N(C)[C@]1(c2ccccc2)CC[C@@]2(CC1)CN(CC(N)=O)C(=O)N2. The number of hydrogen-bond acceptors (Lipinski definition) is 3. The molecule has 3 N–H and O–H groups in total. The summed E-state index contributed by atoms with van der Waals surface area (Å²) in [6.07, 6.45) is 3.51. The maximum absolute atomic E-state index is 12.4. The van der Waals surface area contributed by atoms with Gasteiger partial charge in [-0.25, -0.2) is 4.79 Å². The van der Waals surface area contributed by atoms with E-state index in [1.807, 2.05) is 6.07 Å². The van der Waals surface area contributed by atoms with Crippen LogP contribution in [0.3, 0.4) is 0 Å². The number of hydrogen-bond donors (Lipinski definition) is 2. The average molecular weight is 407 g/mol. The smallest absolute Gasteiger partial charge is 0.318 e.